The fraction of sp³-hybridized carbons (Fsp3) is 1.00. The molecule has 0 unspecified atom stereocenters. The van der Waals surface area contributed by atoms with E-state index in [1.165, 1.54) is 32.6 Å². The summed E-state index contributed by atoms with van der Waals surface area (Å²) < 4.78 is 0. The molecule has 0 aromatic carbocycles. The molecule has 2 heteroatoms. The highest BCUT2D eigenvalue weighted by Gasteiger charge is 2.24. The normalized spacial score (nSPS) is 19.2. The lowest BCUT2D eigenvalue weighted by atomic mass is 9.91. The summed E-state index contributed by atoms with van der Waals surface area (Å²) in [6.07, 6.45) is 1.30. The average molecular weight is 184 g/mol. The van der Waals surface area contributed by atoms with E-state index in [2.05, 4.69) is 37.9 Å². The van der Waals surface area contributed by atoms with Crippen molar-refractivity contribution >= 4 is 0 Å². The molecule has 1 rings (SSSR count). The molecule has 1 heterocycles. The van der Waals surface area contributed by atoms with E-state index in [0.717, 1.165) is 6.04 Å². The van der Waals surface area contributed by atoms with E-state index in [1.807, 2.05) is 0 Å². The second-order valence-electron chi connectivity index (χ2n) is 5.25. The van der Waals surface area contributed by atoms with Crippen LogP contribution in [0.2, 0.25) is 0 Å². The Morgan fingerprint density at radius 3 is 2.23 bits per heavy atom. The van der Waals surface area contributed by atoms with Crippen molar-refractivity contribution < 1.29 is 0 Å². The molecule has 0 aromatic rings. The van der Waals surface area contributed by atoms with Crippen molar-refractivity contribution in [2.75, 3.05) is 26.2 Å². The molecular weight excluding hydrogens is 160 g/mol. The monoisotopic (exact) mass is 184 g/mol. The van der Waals surface area contributed by atoms with Gasteiger partial charge in [-0.25, -0.2) is 0 Å². The van der Waals surface area contributed by atoms with Gasteiger partial charge in [0.15, 0.2) is 0 Å². The Bertz CT molecular complexity index is 145. The third-order valence-electron chi connectivity index (χ3n) is 2.83. The van der Waals surface area contributed by atoms with Crippen LogP contribution < -0.4 is 5.32 Å². The Morgan fingerprint density at radius 2 is 1.92 bits per heavy atom. The molecule has 1 aliphatic rings. The highest BCUT2D eigenvalue weighted by molar-refractivity contribution is 4.84. The van der Waals surface area contributed by atoms with Crippen LogP contribution >= 0.6 is 0 Å². The van der Waals surface area contributed by atoms with Gasteiger partial charge in [-0.3, -0.25) is 4.90 Å². The van der Waals surface area contributed by atoms with Gasteiger partial charge >= 0.3 is 0 Å². The molecule has 13 heavy (non-hydrogen) atoms. The highest BCUT2D eigenvalue weighted by Crippen LogP contribution is 2.19. The number of likely N-dealkylation sites (N-methyl/N-ethyl adjacent to an activating group) is 1. The summed E-state index contributed by atoms with van der Waals surface area (Å²) in [6, 6.07) is 0.812. The average Bonchev–Trinajstić information content (AvgIpc) is 1.91. The predicted octanol–water partition coefficient (Wildman–Crippen LogP) is 1.72. The van der Waals surface area contributed by atoms with Crippen LogP contribution in [0.15, 0.2) is 0 Å². The van der Waals surface area contributed by atoms with Crippen LogP contribution in [-0.4, -0.2) is 37.1 Å². The van der Waals surface area contributed by atoms with Crippen LogP contribution in [0, 0.1) is 5.41 Å². The standard InChI is InChI=1S/C11H24N2/c1-5-13(10-8-12-9-10)7-6-11(2,3)4/h10,12H,5-9H2,1-4H3. The third kappa shape index (κ3) is 3.65. The number of hydrogen-bond donors (Lipinski definition) is 1. The number of nitrogens with zero attached hydrogens (tertiary/aromatic N) is 1. The molecule has 0 saturated carbocycles. The topological polar surface area (TPSA) is 15.3 Å². The quantitative estimate of drug-likeness (QED) is 0.715. The summed E-state index contributed by atoms with van der Waals surface area (Å²) in [5.41, 5.74) is 0.477. The molecular formula is C11H24N2. The molecule has 1 N–H and O–H groups in total. The van der Waals surface area contributed by atoms with E-state index in [-0.39, 0.29) is 0 Å². The van der Waals surface area contributed by atoms with Crippen molar-refractivity contribution in [1.82, 2.24) is 10.2 Å². The molecule has 78 valence electrons. The Labute approximate surface area is 82.7 Å². The number of rotatable bonds is 4. The summed E-state index contributed by atoms with van der Waals surface area (Å²) in [4.78, 5) is 2.60. The van der Waals surface area contributed by atoms with Crippen LogP contribution in [0.25, 0.3) is 0 Å². The van der Waals surface area contributed by atoms with Gasteiger partial charge in [-0.05, 0) is 24.9 Å². The Kier molecular flexibility index (Phi) is 3.74. The zero-order chi connectivity index (χ0) is 9.90. The van der Waals surface area contributed by atoms with Crippen molar-refractivity contribution in [3.63, 3.8) is 0 Å². The first-order valence-electron chi connectivity index (χ1n) is 5.47. The second-order valence-corrected chi connectivity index (χ2v) is 5.25. The van der Waals surface area contributed by atoms with Crippen LogP contribution in [-0.2, 0) is 0 Å². The van der Waals surface area contributed by atoms with Crippen LogP contribution in [0.5, 0.6) is 0 Å². The van der Waals surface area contributed by atoms with Gasteiger partial charge in [-0.1, -0.05) is 27.7 Å². The minimum absolute atomic E-state index is 0.477. The third-order valence-corrected chi connectivity index (χ3v) is 2.83. The maximum Gasteiger partial charge on any atom is 0.0345 e. The Hall–Kier alpha value is -0.0800. The summed E-state index contributed by atoms with van der Waals surface area (Å²) in [6.45, 7) is 14.1. The van der Waals surface area contributed by atoms with Crippen molar-refractivity contribution in [2.24, 2.45) is 5.41 Å². The molecule has 0 bridgehead atoms. The lowest BCUT2D eigenvalue weighted by Gasteiger charge is -2.38. The van der Waals surface area contributed by atoms with E-state index < -0.39 is 0 Å². The second kappa shape index (κ2) is 4.43. The first kappa shape index (κ1) is 11.0. The molecule has 2 nitrogen and oxygen atoms in total. The van der Waals surface area contributed by atoms with E-state index in [1.54, 1.807) is 0 Å². The molecule has 1 fully saturated rings. The Balaban J connectivity index is 2.23. The minimum atomic E-state index is 0.477. The van der Waals surface area contributed by atoms with E-state index >= 15 is 0 Å². The summed E-state index contributed by atoms with van der Waals surface area (Å²) in [5, 5.41) is 3.33. The lowest BCUT2D eigenvalue weighted by Crippen LogP contribution is -2.57. The fourth-order valence-electron chi connectivity index (χ4n) is 1.61. The van der Waals surface area contributed by atoms with Gasteiger partial charge in [0.05, 0.1) is 0 Å². The summed E-state index contributed by atoms with van der Waals surface area (Å²) in [7, 11) is 0. The van der Waals surface area contributed by atoms with E-state index in [9.17, 15) is 0 Å². The van der Waals surface area contributed by atoms with Gasteiger partial charge in [-0.15, -0.1) is 0 Å². The van der Waals surface area contributed by atoms with Gasteiger partial charge in [0.25, 0.3) is 0 Å². The zero-order valence-electron chi connectivity index (χ0n) is 9.56. The molecule has 1 saturated heterocycles. The molecule has 1 aliphatic heterocycles. The number of hydrogen-bond acceptors (Lipinski definition) is 2. The lowest BCUT2D eigenvalue weighted by molar-refractivity contribution is 0.135. The largest absolute Gasteiger partial charge is 0.314 e. The molecule has 0 radical (unpaired) electrons. The van der Waals surface area contributed by atoms with Gasteiger partial charge in [0.2, 0.25) is 0 Å². The van der Waals surface area contributed by atoms with Gasteiger partial charge in [-0.2, -0.15) is 0 Å². The number of nitrogens with one attached hydrogen (secondary N) is 1. The van der Waals surface area contributed by atoms with Crippen LogP contribution in [0.3, 0.4) is 0 Å². The maximum atomic E-state index is 3.33. The SMILES string of the molecule is CCN(CCC(C)(C)C)C1CNC1. The molecule has 0 spiro atoms. The first-order valence-corrected chi connectivity index (χ1v) is 5.47. The van der Waals surface area contributed by atoms with Crippen LogP contribution in [0.1, 0.15) is 34.1 Å². The van der Waals surface area contributed by atoms with Crippen molar-refractivity contribution in [3.05, 3.63) is 0 Å². The van der Waals surface area contributed by atoms with Crippen LogP contribution in [0.4, 0.5) is 0 Å². The van der Waals surface area contributed by atoms with Gasteiger partial charge in [0, 0.05) is 19.1 Å². The smallest absolute Gasteiger partial charge is 0.0345 e. The van der Waals surface area contributed by atoms with Gasteiger partial charge in [0.1, 0.15) is 0 Å². The Morgan fingerprint density at radius 1 is 1.31 bits per heavy atom. The molecule has 0 aromatic heterocycles. The highest BCUT2D eigenvalue weighted by atomic mass is 15.2. The van der Waals surface area contributed by atoms with Crippen molar-refractivity contribution in [3.8, 4) is 0 Å². The summed E-state index contributed by atoms with van der Waals surface area (Å²) in [5.74, 6) is 0. The van der Waals surface area contributed by atoms with Gasteiger partial charge < -0.3 is 5.32 Å². The minimum Gasteiger partial charge on any atom is -0.314 e. The first-order chi connectivity index (χ1) is 6.03. The van der Waals surface area contributed by atoms with Crippen molar-refractivity contribution in [2.45, 2.75) is 40.2 Å². The molecule has 0 amide bonds. The van der Waals surface area contributed by atoms with Crippen molar-refractivity contribution in [1.29, 1.82) is 0 Å². The van der Waals surface area contributed by atoms with E-state index in [4.69, 9.17) is 0 Å². The summed E-state index contributed by atoms with van der Waals surface area (Å²) >= 11 is 0. The maximum absolute atomic E-state index is 3.33. The molecule has 0 atom stereocenters. The fourth-order valence-corrected chi connectivity index (χ4v) is 1.61. The van der Waals surface area contributed by atoms with E-state index in [0.29, 0.717) is 5.41 Å². The molecule has 0 aliphatic carbocycles. The predicted molar refractivity (Wildman–Crippen MR) is 58.0 cm³/mol. The zero-order valence-corrected chi connectivity index (χ0v) is 9.56.